The number of para-hydroxylation sites is 1. The summed E-state index contributed by atoms with van der Waals surface area (Å²) in [7, 11) is 2.00. The largest absolute Gasteiger partial charge is 0.444 e. The van der Waals surface area contributed by atoms with Crippen molar-refractivity contribution in [2.75, 3.05) is 31.6 Å². The summed E-state index contributed by atoms with van der Waals surface area (Å²) in [4.78, 5) is 24.7. The fourth-order valence-corrected chi connectivity index (χ4v) is 3.51. The van der Waals surface area contributed by atoms with E-state index in [1.54, 1.807) is 23.1 Å². The van der Waals surface area contributed by atoms with Crippen LogP contribution in [0.15, 0.2) is 36.7 Å². The fraction of sp³-hybridized carbons (Fsp3) is 0.500. The number of likely N-dealkylation sites (tertiary alicyclic amines) is 1. The molecule has 1 aromatic heterocycles. The molecule has 1 fully saturated rings. The van der Waals surface area contributed by atoms with Crippen molar-refractivity contribution >= 4 is 23.5 Å². The van der Waals surface area contributed by atoms with Gasteiger partial charge in [-0.25, -0.2) is 14.8 Å². The summed E-state index contributed by atoms with van der Waals surface area (Å²) in [6.45, 7) is 7.91. The average molecular weight is 433 g/mol. The van der Waals surface area contributed by atoms with Gasteiger partial charge in [-0.1, -0.05) is 23.7 Å². The normalized spacial score (nSPS) is 15.0. The number of carbonyl (C=O) groups excluding carboxylic acids is 1. The molecule has 1 amide bonds. The molecule has 0 atom stereocenters. The van der Waals surface area contributed by atoms with E-state index >= 15 is 0 Å². The third-order valence-electron chi connectivity index (χ3n) is 4.87. The number of hydrogen-bond donors (Lipinski definition) is 0. The first-order chi connectivity index (χ1) is 14.2. The average Bonchev–Trinajstić information content (AvgIpc) is 2.69. The number of ether oxygens (including phenoxy) is 2. The van der Waals surface area contributed by atoms with Crippen LogP contribution in [0.5, 0.6) is 11.6 Å². The van der Waals surface area contributed by atoms with E-state index in [1.807, 2.05) is 40.0 Å². The molecule has 0 saturated carbocycles. The Bertz CT molecular complexity index is 863. The van der Waals surface area contributed by atoms with Crippen molar-refractivity contribution in [1.82, 2.24) is 14.9 Å². The lowest BCUT2D eigenvalue weighted by Gasteiger charge is -2.35. The van der Waals surface area contributed by atoms with Crippen molar-refractivity contribution in [2.24, 2.45) is 5.92 Å². The zero-order valence-corrected chi connectivity index (χ0v) is 18.7. The van der Waals surface area contributed by atoms with Crippen LogP contribution in [0, 0.1) is 5.92 Å². The van der Waals surface area contributed by atoms with E-state index in [4.69, 9.17) is 21.1 Å². The minimum absolute atomic E-state index is 0.230. The molecule has 0 bridgehead atoms. The summed E-state index contributed by atoms with van der Waals surface area (Å²) in [6, 6.07) is 9.09. The Labute approximate surface area is 183 Å². The minimum Gasteiger partial charge on any atom is -0.444 e. The topological polar surface area (TPSA) is 67.8 Å². The predicted octanol–water partition coefficient (Wildman–Crippen LogP) is 5.01. The molecule has 0 spiro atoms. The monoisotopic (exact) mass is 432 g/mol. The van der Waals surface area contributed by atoms with E-state index in [-0.39, 0.29) is 6.09 Å². The number of nitrogens with zero attached hydrogens (tertiary/aromatic N) is 4. The molecule has 2 heterocycles. The zero-order valence-electron chi connectivity index (χ0n) is 18.0. The summed E-state index contributed by atoms with van der Waals surface area (Å²) in [5.41, 5.74) is -0.467. The van der Waals surface area contributed by atoms with Crippen LogP contribution in [0.2, 0.25) is 5.02 Å². The van der Waals surface area contributed by atoms with E-state index in [2.05, 4.69) is 14.9 Å². The highest BCUT2D eigenvalue weighted by molar-refractivity contribution is 6.32. The Morgan fingerprint density at radius 2 is 1.93 bits per heavy atom. The summed E-state index contributed by atoms with van der Waals surface area (Å²) < 4.78 is 11.3. The molecule has 162 valence electrons. The predicted molar refractivity (Wildman–Crippen MR) is 117 cm³/mol. The van der Waals surface area contributed by atoms with Crippen molar-refractivity contribution in [3.8, 4) is 11.6 Å². The highest BCUT2D eigenvalue weighted by atomic mass is 35.5. The standard InChI is InChI=1S/C22H29ClN4O3/c1-22(2,3)30-21(28)27-11-9-16(10-12-27)14-26(4)19-13-20(25-15-24-19)29-18-8-6-5-7-17(18)23/h5-8,13,15-16H,9-12,14H2,1-4H3. The second kappa shape index (κ2) is 9.51. The van der Waals surface area contributed by atoms with Crippen LogP contribution in [0.3, 0.4) is 0 Å². The molecule has 30 heavy (non-hydrogen) atoms. The molecular weight excluding hydrogens is 404 g/mol. The molecule has 0 radical (unpaired) electrons. The second-order valence-corrected chi connectivity index (χ2v) is 8.95. The number of hydrogen-bond acceptors (Lipinski definition) is 6. The summed E-state index contributed by atoms with van der Waals surface area (Å²) in [5.74, 6) is 2.25. The lowest BCUT2D eigenvalue weighted by Crippen LogP contribution is -2.43. The highest BCUT2D eigenvalue weighted by Gasteiger charge is 2.27. The number of carbonyl (C=O) groups is 1. The molecule has 1 aliphatic rings. The summed E-state index contributed by atoms with van der Waals surface area (Å²) in [5, 5.41) is 0.530. The summed E-state index contributed by atoms with van der Waals surface area (Å²) in [6.07, 6.45) is 3.12. The molecule has 0 N–H and O–H groups in total. The maximum atomic E-state index is 12.2. The van der Waals surface area contributed by atoms with Crippen molar-refractivity contribution < 1.29 is 14.3 Å². The fourth-order valence-electron chi connectivity index (χ4n) is 3.34. The maximum absolute atomic E-state index is 12.2. The molecular formula is C22H29ClN4O3. The summed E-state index contributed by atoms with van der Waals surface area (Å²) >= 11 is 6.16. The van der Waals surface area contributed by atoms with Crippen molar-refractivity contribution in [3.63, 3.8) is 0 Å². The van der Waals surface area contributed by atoms with Gasteiger partial charge in [0.15, 0.2) is 0 Å². The minimum atomic E-state index is -0.467. The molecule has 1 aromatic carbocycles. The van der Waals surface area contributed by atoms with Gasteiger partial charge in [-0.15, -0.1) is 0 Å². The quantitative estimate of drug-likeness (QED) is 0.661. The maximum Gasteiger partial charge on any atom is 0.410 e. The van der Waals surface area contributed by atoms with Gasteiger partial charge in [-0.2, -0.15) is 0 Å². The number of benzene rings is 1. The van der Waals surface area contributed by atoms with E-state index in [9.17, 15) is 4.79 Å². The molecule has 8 heteroatoms. The number of anilines is 1. The molecule has 7 nitrogen and oxygen atoms in total. The van der Waals surface area contributed by atoms with Crippen LogP contribution in [0.1, 0.15) is 33.6 Å². The van der Waals surface area contributed by atoms with Crippen LogP contribution in [-0.4, -0.2) is 53.2 Å². The van der Waals surface area contributed by atoms with Crippen LogP contribution >= 0.6 is 11.6 Å². The van der Waals surface area contributed by atoms with Gasteiger partial charge in [-0.3, -0.25) is 0 Å². The van der Waals surface area contributed by atoms with Gasteiger partial charge in [0.2, 0.25) is 5.88 Å². The van der Waals surface area contributed by atoms with Crippen LogP contribution in [0.25, 0.3) is 0 Å². The van der Waals surface area contributed by atoms with E-state index < -0.39 is 5.60 Å². The SMILES string of the molecule is CN(CC1CCN(C(=O)OC(C)(C)C)CC1)c1cc(Oc2ccccc2Cl)ncn1. The van der Waals surface area contributed by atoms with E-state index in [1.165, 1.54) is 6.33 Å². The van der Waals surface area contributed by atoms with E-state index in [0.717, 1.165) is 25.2 Å². The third kappa shape index (κ3) is 6.23. The smallest absolute Gasteiger partial charge is 0.410 e. The molecule has 0 unspecified atom stereocenters. The molecule has 0 aliphatic carbocycles. The first-order valence-corrected chi connectivity index (χ1v) is 10.5. The Balaban J connectivity index is 1.54. The van der Waals surface area contributed by atoms with Crippen LogP contribution < -0.4 is 9.64 Å². The van der Waals surface area contributed by atoms with Gasteiger partial charge in [0, 0.05) is 32.7 Å². The van der Waals surface area contributed by atoms with E-state index in [0.29, 0.717) is 35.7 Å². The Morgan fingerprint density at radius 1 is 1.23 bits per heavy atom. The van der Waals surface area contributed by atoms with Gasteiger partial charge in [0.05, 0.1) is 5.02 Å². The second-order valence-electron chi connectivity index (χ2n) is 8.54. The van der Waals surface area contributed by atoms with Gasteiger partial charge < -0.3 is 19.3 Å². The lowest BCUT2D eigenvalue weighted by molar-refractivity contribution is 0.0186. The molecule has 3 rings (SSSR count). The first-order valence-electron chi connectivity index (χ1n) is 10.1. The first kappa shape index (κ1) is 22.2. The van der Waals surface area contributed by atoms with Crippen molar-refractivity contribution in [2.45, 2.75) is 39.2 Å². The lowest BCUT2D eigenvalue weighted by atomic mass is 9.96. The van der Waals surface area contributed by atoms with Crippen molar-refractivity contribution in [3.05, 3.63) is 41.7 Å². The van der Waals surface area contributed by atoms with Crippen LogP contribution in [-0.2, 0) is 4.74 Å². The number of halogens is 1. The Hall–Kier alpha value is -2.54. The molecule has 1 saturated heterocycles. The van der Waals surface area contributed by atoms with Gasteiger partial charge in [-0.05, 0) is 51.7 Å². The zero-order chi connectivity index (χ0) is 21.7. The Kier molecular flexibility index (Phi) is 7.02. The van der Waals surface area contributed by atoms with Gasteiger partial charge in [0.25, 0.3) is 0 Å². The van der Waals surface area contributed by atoms with Crippen molar-refractivity contribution in [1.29, 1.82) is 0 Å². The third-order valence-corrected chi connectivity index (χ3v) is 5.18. The highest BCUT2D eigenvalue weighted by Crippen LogP contribution is 2.29. The molecule has 2 aromatic rings. The number of piperidine rings is 1. The number of amides is 1. The van der Waals surface area contributed by atoms with Gasteiger partial charge in [0.1, 0.15) is 23.5 Å². The number of aromatic nitrogens is 2. The van der Waals surface area contributed by atoms with Crippen LogP contribution in [0.4, 0.5) is 10.6 Å². The Morgan fingerprint density at radius 3 is 2.60 bits per heavy atom. The van der Waals surface area contributed by atoms with Gasteiger partial charge >= 0.3 is 6.09 Å². The molecule has 1 aliphatic heterocycles. The number of rotatable bonds is 5.